The van der Waals surface area contributed by atoms with Crippen LogP contribution in [-0.2, 0) is 4.79 Å². The molecule has 0 spiro atoms. The average molecular weight is 499 g/mol. The number of thioether (sulfide) groups is 1. The number of benzene rings is 3. The first-order chi connectivity index (χ1) is 17.3. The summed E-state index contributed by atoms with van der Waals surface area (Å²) in [6.07, 6.45) is 1.73. The number of hydrogen-bond acceptors (Lipinski definition) is 6. The molecule has 0 aliphatic carbocycles. The minimum absolute atomic E-state index is 0.00723. The molecule has 0 radical (unpaired) electrons. The Balaban J connectivity index is 1.45. The van der Waals surface area contributed by atoms with E-state index < -0.39 is 0 Å². The maximum Gasteiger partial charge on any atom is 0.283 e. The molecule has 0 aromatic heterocycles. The second-order valence-electron chi connectivity index (χ2n) is 8.98. The average Bonchev–Trinajstić information content (AvgIpc) is 3.44. The number of ether oxygens (including phenoxy) is 2. The molecule has 5 rings (SSSR count). The Morgan fingerprint density at radius 1 is 0.944 bits per heavy atom. The lowest BCUT2D eigenvalue weighted by atomic mass is 9.99. The summed E-state index contributed by atoms with van der Waals surface area (Å²) in [5.41, 5.74) is 6.77. The Kier molecular flexibility index (Phi) is 6.41. The first-order valence-electron chi connectivity index (χ1n) is 11.6. The topological polar surface area (TPSA) is 68.2 Å². The van der Waals surface area contributed by atoms with Crippen molar-refractivity contribution < 1.29 is 19.1 Å². The van der Waals surface area contributed by atoms with Gasteiger partial charge in [0, 0.05) is 5.56 Å². The lowest BCUT2D eigenvalue weighted by Crippen LogP contribution is -2.30. The number of aryl methyl sites for hydroxylation is 4. The number of Topliss-reactive ketones (excluding diaryl/α,β-unsaturated/α-hetero) is 1. The van der Waals surface area contributed by atoms with Gasteiger partial charge in [-0.15, -0.1) is 0 Å². The molecule has 7 heteroatoms. The van der Waals surface area contributed by atoms with Crippen LogP contribution in [0.15, 0.2) is 65.3 Å². The lowest BCUT2D eigenvalue weighted by molar-refractivity contribution is -0.113. The van der Waals surface area contributed by atoms with Crippen molar-refractivity contribution in [2.24, 2.45) is 4.99 Å². The Morgan fingerprint density at radius 3 is 2.44 bits per heavy atom. The fraction of sp³-hybridized carbons (Fsp3) is 0.207. The highest BCUT2D eigenvalue weighted by atomic mass is 32.2. The Labute approximate surface area is 214 Å². The van der Waals surface area contributed by atoms with Crippen molar-refractivity contribution in [1.29, 1.82) is 0 Å². The highest BCUT2D eigenvalue weighted by Gasteiger charge is 2.32. The molecule has 2 aliphatic rings. The van der Waals surface area contributed by atoms with Crippen LogP contribution in [0.5, 0.6) is 11.5 Å². The van der Waals surface area contributed by atoms with E-state index in [2.05, 4.69) is 4.99 Å². The molecule has 0 N–H and O–H groups in total. The lowest BCUT2D eigenvalue weighted by Gasteiger charge is -2.18. The first-order valence-corrected chi connectivity index (χ1v) is 12.6. The number of hydrogen-bond donors (Lipinski definition) is 0. The third-order valence-electron chi connectivity index (χ3n) is 6.30. The minimum atomic E-state index is -0.242. The summed E-state index contributed by atoms with van der Waals surface area (Å²) in [5, 5.41) is 0.477. The van der Waals surface area contributed by atoms with E-state index in [1.165, 1.54) is 11.8 Å². The molecule has 0 unspecified atom stereocenters. The van der Waals surface area contributed by atoms with Crippen molar-refractivity contribution in [1.82, 2.24) is 0 Å². The van der Waals surface area contributed by atoms with Gasteiger partial charge in [-0.25, -0.2) is 4.99 Å². The van der Waals surface area contributed by atoms with Crippen LogP contribution in [0.2, 0.25) is 0 Å². The van der Waals surface area contributed by atoms with Gasteiger partial charge in [-0.1, -0.05) is 41.6 Å². The summed E-state index contributed by atoms with van der Waals surface area (Å²) in [5.74, 6) is 1.26. The van der Waals surface area contributed by atoms with E-state index in [4.69, 9.17) is 9.47 Å². The second-order valence-corrected chi connectivity index (χ2v) is 9.92. The zero-order chi connectivity index (χ0) is 25.4. The van der Waals surface area contributed by atoms with Crippen molar-refractivity contribution in [3.8, 4) is 11.5 Å². The predicted octanol–water partition coefficient (Wildman–Crippen LogP) is 6.01. The van der Waals surface area contributed by atoms with Crippen molar-refractivity contribution >= 4 is 40.4 Å². The van der Waals surface area contributed by atoms with Gasteiger partial charge in [0.25, 0.3) is 5.91 Å². The molecule has 1 amide bonds. The van der Waals surface area contributed by atoms with Crippen LogP contribution in [-0.4, -0.2) is 29.4 Å². The third-order valence-corrected chi connectivity index (χ3v) is 7.23. The van der Waals surface area contributed by atoms with Crippen LogP contribution in [0.4, 0.5) is 5.69 Å². The molecular weight excluding hydrogens is 472 g/mol. The highest BCUT2D eigenvalue weighted by molar-refractivity contribution is 8.14. The SMILES string of the molecule is Cc1ccc(N2C(=O)C(=Cc3ccc4c(c3)OCO4)N=C2SCC(=O)c2cc(C)c(C)cc2C)cc1. The van der Waals surface area contributed by atoms with Crippen LogP contribution in [0, 0.1) is 27.7 Å². The number of rotatable bonds is 5. The summed E-state index contributed by atoms with van der Waals surface area (Å²) >= 11 is 1.27. The Morgan fingerprint density at radius 2 is 1.67 bits per heavy atom. The maximum atomic E-state index is 13.5. The standard InChI is InChI=1S/C29H26N2O4S/c1-17-5-8-22(9-6-17)31-28(33)24(13-21-7-10-26-27(14-21)35-16-34-26)30-29(31)36-15-25(32)23-12-19(3)18(2)11-20(23)4/h5-14H,15-16H2,1-4H3. The number of anilines is 1. The number of nitrogens with zero attached hydrogens (tertiary/aromatic N) is 2. The summed E-state index contributed by atoms with van der Waals surface area (Å²) < 4.78 is 10.8. The first kappa shape index (κ1) is 23.9. The number of carbonyl (C=O) groups excluding carboxylic acids is 2. The van der Waals surface area contributed by atoms with Gasteiger partial charge in [-0.2, -0.15) is 0 Å². The number of aliphatic imine (C=N–C) groups is 1. The zero-order valence-corrected chi connectivity index (χ0v) is 21.4. The molecule has 2 heterocycles. The minimum Gasteiger partial charge on any atom is -0.454 e. The molecule has 182 valence electrons. The molecule has 0 bridgehead atoms. The van der Waals surface area contributed by atoms with E-state index in [9.17, 15) is 9.59 Å². The number of amidine groups is 1. The Bertz CT molecular complexity index is 1440. The molecule has 3 aromatic carbocycles. The molecular formula is C29H26N2O4S. The van der Waals surface area contributed by atoms with Crippen LogP contribution in [0.1, 0.15) is 38.2 Å². The molecule has 3 aromatic rings. The van der Waals surface area contributed by atoms with E-state index in [-0.39, 0.29) is 24.2 Å². The fourth-order valence-corrected chi connectivity index (χ4v) is 5.04. The molecule has 0 atom stereocenters. The molecule has 2 aliphatic heterocycles. The van der Waals surface area contributed by atoms with Gasteiger partial charge in [0.05, 0.1) is 11.4 Å². The number of amides is 1. The van der Waals surface area contributed by atoms with Crippen LogP contribution >= 0.6 is 11.8 Å². The smallest absolute Gasteiger partial charge is 0.283 e. The number of ketones is 1. The monoisotopic (exact) mass is 498 g/mol. The molecule has 0 saturated heterocycles. The predicted molar refractivity (Wildman–Crippen MR) is 144 cm³/mol. The third kappa shape index (κ3) is 4.66. The summed E-state index contributed by atoms with van der Waals surface area (Å²) in [6, 6.07) is 17.2. The Hall–Kier alpha value is -3.84. The number of carbonyl (C=O) groups is 2. The normalized spacial score (nSPS) is 15.6. The summed E-state index contributed by atoms with van der Waals surface area (Å²) in [4.78, 5) is 32.8. The van der Waals surface area contributed by atoms with Gasteiger partial charge in [0.1, 0.15) is 5.70 Å². The van der Waals surface area contributed by atoms with Crippen LogP contribution < -0.4 is 14.4 Å². The van der Waals surface area contributed by atoms with Crippen LogP contribution in [0.25, 0.3) is 6.08 Å². The van der Waals surface area contributed by atoms with Gasteiger partial charge >= 0.3 is 0 Å². The number of fused-ring (bicyclic) bond motifs is 1. The van der Waals surface area contributed by atoms with E-state index in [0.717, 1.165) is 27.8 Å². The summed E-state index contributed by atoms with van der Waals surface area (Å²) in [6.45, 7) is 8.17. The zero-order valence-electron chi connectivity index (χ0n) is 20.6. The molecule has 6 nitrogen and oxygen atoms in total. The van der Waals surface area contributed by atoms with Crippen molar-refractivity contribution in [2.75, 3.05) is 17.4 Å². The van der Waals surface area contributed by atoms with E-state index in [0.29, 0.717) is 33.6 Å². The van der Waals surface area contributed by atoms with Gasteiger partial charge in [-0.05, 0) is 86.4 Å². The maximum absolute atomic E-state index is 13.5. The van der Waals surface area contributed by atoms with Gasteiger partial charge in [0.15, 0.2) is 22.4 Å². The summed E-state index contributed by atoms with van der Waals surface area (Å²) in [7, 11) is 0. The van der Waals surface area contributed by atoms with Gasteiger partial charge in [-0.3, -0.25) is 14.5 Å². The van der Waals surface area contributed by atoms with Crippen LogP contribution in [0.3, 0.4) is 0 Å². The largest absolute Gasteiger partial charge is 0.454 e. The second kappa shape index (κ2) is 9.66. The van der Waals surface area contributed by atoms with Gasteiger partial charge in [0.2, 0.25) is 6.79 Å². The highest BCUT2D eigenvalue weighted by Crippen LogP contribution is 2.35. The fourth-order valence-electron chi connectivity index (χ4n) is 4.14. The molecule has 0 fully saturated rings. The molecule has 0 saturated carbocycles. The van der Waals surface area contributed by atoms with Crippen molar-refractivity contribution in [2.45, 2.75) is 27.7 Å². The van der Waals surface area contributed by atoms with E-state index >= 15 is 0 Å². The van der Waals surface area contributed by atoms with E-state index in [1.807, 2.05) is 82.3 Å². The molecule has 36 heavy (non-hydrogen) atoms. The quantitative estimate of drug-likeness (QED) is 0.318. The van der Waals surface area contributed by atoms with E-state index in [1.54, 1.807) is 11.0 Å². The van der Waals surface area contributed by atoms with Crippen molar-refractivity contribution in [3.05, 3.63) is 93.7 Å². The van der Waals surface area contributed by atoms with Crippen molar-refractivity contribution in [3.63, 3.8) is 0 Å². The van der Waals surface area contributed by atoms with Gasteiger partial charge < -0.3 is 9.47 Å².